The zero-order valence-corrected chi connectivity index (χ0v) is 15.5. The third-order valence-electron chi connectivity index (χ3n) is 4.52. The largest absolute Gasteiger partial charge is 0.425 e. The molecule has 1 aromatic carbocycles. The topological polar surface area (TPSA) is 38.3 Å². The zero-order valence-electron chi connectivity index (χ0n) is 13.1. The fraction of sp³-hybridized carbons (Fsp3) is 0.471. The highest BCUT2D eigenvalue weighted by molar-refractivity contribution is 9.09. The van der Waals surface area contributed by atoms with E-state index >= 15 is 0 Å². The van der Waals surface area contributed by atoms with E-state index in [1.54, 1.807) is 0 Å². The molecule has 1 heterocycles. The first kappa shape index (κ1) is 18.7. The molecule has 1 saturated carbocycles. The van der Waals surface area contributed by atoms with Crippen molar-refractivity contribution in [3.63, 3.8) is 0 Å². The number of carbonyl (C=O) groups is 1. The normalized spacial score (nSPS) is 26.6. The van der Waals surface area contributed by atoms with Crippen LogP contribution in [-0.2, 0) is 15.1 Å². The number of ether oxygens (including phenoxy) is 1. The molecule has 0 spiro atoms. The number of anilines is 1. The SMILES string of the molecule is C=C(C1CC1)[C@]1(C(F)(F)F)O[C@@H](CCBr)C(=O)Nc2ccc(Cl)cc21. The molecule has 1 aliphatic carbocycles. The van der Waals surface area contributed by atoms with Crippen molar-refractivity contribution in [1.29, 1.82) is 0 Å². The molecule has 0 radical (unpaired) electrons. The van der Waals surface area contributed by atoms with E-state index in [9.17, 15) is 18.0 Å². The number of amides is 1. The summed E-state index contributed by atoms with van der Waals surface area (Å²) in [5.74, 6) is -0.899. The molecule has 0 unspecified atom stereocenters. The lowest BCUT2D eigenvalue weighted by Crippen LogP contribution is -2.49. The fourth-order valence-electron chi connectivity index (χ4n) is 3.12. The summed E-state index contributed by atoms with van der Waals surface area (Å²) in [6.45, 7) is 3.73. The summed E-state index contributed by atoms with van der Waals surface area (Å²) in [7, 11) is 0. The van der Waals surface area contributed by atoms with Crippen LogP contribution in [0.4, 0.5) is 18.9 Å². The van der Waals surface area contributed by atoms with E-state index in [0.717, 1.165) is 0 Å². The van der Waals surface area contributed by atoms with Gasteiger partial charge < -0.3 is 10.1 Å². The van der Waals surface area contributed by atoms with Crippen LogP contribution in [0, 0.1) is 5.92 Å². The minimum absolute atomic E-state index is 0.0468. The molecule has 0 aromatic heterocycles. The van der Waals surface area contributed by atoms with E-state index in [-0.39, 0.29) is 34.2 Å². The number of alkyl halides is 4. The van der Waals surface area contributed by atoms with Crippen LogP contribution >= 0.6 is 27.5 Å². The average Bonchev–Trinajstić information content (AvgIpc) is 3.36. The number of hydrogen-bond donors (Lipinski definition) is 1. The van der Waals surface area contributed by atoms with Gasteiger partial charge in [-0.15, -0.1) is 0 Å². The Morgan fingerprint density at radius 2 is 2.12 bits per heavy atom. The maximum atomic E-state index is 14.4. The Balaban J connectivity index is 2.25. The van der Waals surface area contributed by atoms with Gasteiger partial charge in [0.15, 0.2) is 0 Å². The monoisotopic (exact) mass is 437 g/mol. The molecule has 2 aliphatic rings. The van der Waals surface area contributed by atoms with E-state index < -0.39 is 23.8 Å². The van der Waals surface area contributed by atoms with Crippen molar-refractivity contribution in [3.05, 3.63) is 40.9 Å². The predicted molar refractivity (Wildman–Crippen MR) is 93.0 cm³/mol. The minimum atomic E-state index is -4.79. The Kier molecular flexibility index (Phi) is 4.94. The van der Waals surface area contributed by atoms with Gasteiger partial charge in [0.25, 0.3) is 5.91 Å². The molecule has 3 rings (SSSR count). The summed E-state index contributed by atoms with van der Waals surface area (Å²) in [6.07, 6.45) is -4.70. The summed E-state index contributed by atoms with van der Waals surface area (Å²) >= 11 is 9.13. The Morgan fingerprint density at radius 1 is 1.44 bits per heavy atom. The first-order valence-electron chi connectivity index (χ1n) is 7.81. The molecule has 25 heavy (non-hydrogen) atoms. The maximum absolute atomic E-state index is 14.4. The van der Waals surface area contributed by atoms with Crippen LogP contribution in [0.3, 0.4) is 0 Å². The van der Waals surface area contributed by atoms with E-state index in [1.165, 1.54) is 18.2 Å². The molecule has 2 atom stereocenters. The van der Waals surface area contributed by atoms with Crippen LogP contribution in [0.25, 0.3) is 0 Å². The Morgan fingerprint density at radius 3 is 2.68 bits per heavy atom. The van der Waals surface area contributed by atoms with E-state index in [2.05, 4.69) is 27.8 Å². The third-order valence-corrected chi connectivity index (χ3v) is 5.22. The minimum Gasteiger partial charge on any atom is -0.343 e. The number of hydrogen-bond acceptors (Lipinski definition) is 2. The summed E-state index contributed by atoms with van der Waals surface area (Å²) in [4.78, 5) is 12.4. The van der Waals surface area contributed by atoms with Crippen molar-refractivity contribution in [2.24, 2.45) is 5.92 Å². The summed E-state index contributed by atoms with van der Waals surface area (Å²) in [5, 5.41) is 3.00. The van der Waals surface area contributed by atoms with Gasteiger partial charge in [0, 0.05) is 21.6 Å². The molecule has 3 nitrogen and oxygen atoms in total. The van der Waals surface area contributed by atoms with Gasteiger partial charge in [0.05, 0.1) is 0 Å². The molecule has 0 saturated heterocycles. The number of nitrogens with one attached hydrogen (secondary N) is 1. The van der Waals surface area contributed by atoms with Gasteiger partial charge in [-0.1, -0.05) is 34.1 Å². The molecule has 1 aromatic rings. The van der Waals surface area contributed by atoms with Crippen LogP contribution in [0.1, 0.15) is 24.8 Å². The smallest absolute Gasteiger partial charge is 0.343 e. The molecule has 0 bridgehead atoms. The standard InChI is InChI=1S/C17H16BrClF3NO2/c1-9(10-2-3-10)16(17(20,21)22)12-8-11(19)4-5-13(12)23-15(24)14(25-16)6-7-18/h4-5,8,10,14H,1-3,6-7H2,(H,23,24)/t14-,16-/m0/s1. The van der Waals surface area contributed by atoms with Gasteiger partial charge in [-0.05, 0) is 49.0 Å². The Bertz CT molecular complexity index is 720. The first-order valence-corrected chi connectivity index (χ1v) is 9.31. The predicted octanol–water partition coefficient (Wildman–Crippen LogP) is 5.19. The van der Waals surface area contributed by atoms with Gasteiger partial charge in [0.1, 0.15) is 6.10 Å². The van der Waals surface area contributed by atoms with E-state index in [0.29, 0.717) is 18.2 Å². The van der Waals surface area contributed by atoms with Crippen molar-refractivity contribution in [2.75, 3.05) is 10.6 Å². The van der Waals surface area contributed by atoms with Crippen LogP contribution in [0.5, 0.6) is 0 Å². The summed E-state index contributed by atoms with van der Waals surface area (Å²) in [5.41, 5.74) is -3.00. The molecular formula is C17H16BrClF3NO2. The van der Waals surface area contributed by atoms with Crippen molar-refractivity contribution >= 4 is 39.1 Å². The van der Waals surface area contributed by atoms with Crippen molar-refractivity contribution in [3.8, 4) is 0 Å². The second-order valence-electron chi connectivity index (χ2n) is 6.24. The first-order chi connectivity index (χ1) is 11.7. The number of benzene rings is 1. The van der Waals surface area contributed by atoms with E-state index in [1.807, 2.05) is 0 Å². The van der Waals surface area contributed by atoms with Gasteiger partial charge in [-0.3, -0.25) is 4.79 Å². The number of halogens is 5. The highest BCUT2D eigenvalue weighted by Crippen LogP contribution is 2.57. The third kappa shape index (κ3) is 3.22. The van der Waals surface area contributed by atoms with Crippen LogP contribution in [0.15, 0.2) is 30.4 Å². The molecule has 1 aliphatic heterocycles. The van der Waals surface area contributed by atoms with Gasteiger partial charge in [0.2, 0.25) is 5.60 Å². The number of carbonyl (C=O) groups excluding carboxylic acids is 1. The second kappa shape index (κ2) is 6.59. The lowest BCUT2D eigenvalue weighted by Gasteiger charge is -2.39. The number of fused-ring (bicyclic) bond motifs is 1. The van der Waals surface area contributed by atoms with Gasteiger partial charge >= 0.3 is 6.18 Å². The molecule has 1 fully saturated rings. The summed E-state index contributed by atoms with van der Waals surface area (Å²) in [6, 6.07) is 4.01. The van der Waals surface area contributed by atoms with Gasteiger partial charge in [-0.25, -0.2) is 0 Å². The zero-order chi connectivity index (χ0) is 18.4. The highest BCUT2D eigenvalue weighted by atomic mass is 79.9. The average molecular weight is 439 g/mol. The lowest BCUT2D eigenvalue weighted by molar-refractivity contribution is -0.278. The second-order valence-corrected chi connectivity index (χ2v) is 7.47. The quantitative estimate of drug-likeness (QED) is 0.519. The molecular weight excluding hydrogens is 423 g/mol. The van der Waals surface area contributed by atoms with Crippen molar-refractivity contribution < 1.29 is 22.7 Å². The Labute approximate surface area is 156 Å². The maximum Gasteiger partial charge on any atom is 0.425 e. The lowest BCUT2D eigenvalue weighted by atomic mass is 9.82. The molecule has 136 valence electrons. The van der Waals surface area contributed by atoms with Crippen LogP contribution < -0.4 is 5.32 Å². The summed E-state index contributed by atoms with van der Waals surface area (Å²) < 4.78 is 48.7. The van der Waals surface area contributed by atoms with Crippen LogP contribution in [0.2, 0.25) is 5.02 Å². The van der Waals surface area contributed by atoms with Gasteiger partial charge in [-0.2, -0.15) is 13.2 Å². The van der Waals surface area contributed by atoms with Crippen molar-refractivity contribution in [1.82, 2.24) is 0 Å². The highest BCUT2D eigenvalue weighted by Gasteiger charge is 2.64. The van der Waals surface area contributed by atoms with Crippen LogP contribution in [-0.4, -0.2) is 23.5 Å². The molecule has 8 heteroatoms. The number of rotatable bonds is 4. The fourth-order valence-corrected chi connectivity index (χ4v) is 3.71. The van der Waals surface area contributed by atoms with Crippen molar-refractivity contribution in [2.45, 2.75) is 37.1 Å². The Hall–Kier alpha value is -1.05. The molecule has 1 amide bonds. The molecule has 1 N–H and O–H groups in total. The van der Waals surface area contributed by atoms with E-state index in [4.69, 9.17) is 16.3 Å².